The molecular formula is C16H30N2O2. The highest BCUT2D eigenvalue weighted by Crippen LogP contribution is 2.35. The molecule has 1 aliphatic carbocycles. The van der Waals surface area contributed by atoms with E-state index in [4.69, 9.17) is 10.5 Å². The molecule has 0 unspecified atom stereocenters. The van der Waals surface area contributed by atoms with Gasteiger partial charge in [0, 0.05) is 19.6 Å². The topological polar surface area (TPSA) is 55.6 Å². The predicted octanol–water partition coefficient (Wildman–Crippen LogP) is 2.31. The van der Waals surface area contributed by atoms with Crippen molar-refractivity contribution in [3.8, 4) is 0 Å². The molecule has 4 nitrogen and oxygen atoms in total. The second-order valence-electron chi connectivity index (χ2n) is 6.47. The average Bonchev–Trinajstić information content (AvgIpc) is 2.54. The standard InChI is InChI=1S/C16H30N2O2/c1-2-14-6-8-16(13-17,9-7-14)20-12-15(19)18-10-4-3-5-11-18/h14H,2-13,17H2,1H3. The lowest BCUT2D eigenvalue weighted by Crippen LogP contribution is -2.47. The van der Waals surface area contributed by atoms with Gasteiger partial charge in [-0.25, -0.2) is 0 Å². The molecule has 0 spiro atoms. The first-order chi connectivity index (χ1) is 9.69. The van der Waals surface area contributed by atoms with Gasteiger partial charge in [-0.2, -0.15) is 0 Å². The maximum absolute atomic E-state index is 12.2. The van der Waals surface area contributed by atoms with Crippen molar-refractivity contribution in [3.05, 3.63) is 0 Å². The van der Waals surface area contributed by atoms with E-state index in [1.165, 1.54) is 25.7 Å². The smallest absolute Gasteiger partial charge is 0.248 e. The van der Waals surface area contributed by atoms with Crippen molar-refractivity contribution in [2.75, 3.05) is 26.2 Å². The molecule has 1 saturated carbocycles. The highest BCUT2D eigenvalue weighted by molar-refractivity contribution is 5.77. The summed E-state index contributed by atoms with van der Waals surface area (Å²) in [7, 11) is 0. The molecule has 4 heteroatoms. The average molecular weight is 282 g/mol. The van der Waals surface area contributed by atoms with E-state index in [1.54, 1.807) is 0 Å². The lowest BCUT2D eigenvalue weighted by molar-refractivity contribution is -0.147. The molecule has 1 saturated heterocycles. The summed E-state index contributed by atoms with van der Waals surface area (Å²) in [5.41, 5.74) is 5.70. The van der Waals surface area contributed by atoms with Gasteiger partial charge in [-0.3, -0.25) is 4.79 Å². The molecule has 2 aliphatic rings. The SMILES string of the molecule is CCC1CCC(CN)(OCC(=O)N2CCCCC2)CC1. The summed E-state index contributed by atoms with van der Waals surface area (Å²) in [6, 6.07) is 0. The van der Waals surface area contributed by atoms with E-state index < -0.39 is 0 Å². The first-order valence-electron chi connectivity index (χ1n) is 8.31. The van der Waals surface area contributed by atoms with Gasteiger partial charge in [0.2, 0.25) is 5.91 Å². The van der Waals surface area contributed by atoms with Crippen LogP contribution in [-0.2, 0) is 9.53 Å². The maximum Gasteiger partial charge on any atom is 0.248 e. The van der Waals surface area contributed by atoms with Crippen molar-refractivity contribution in [1.29, 1.82) is 0 Å². The summed E-state index contributed by atoms with van der Waals surface area (Å²) >= 11 is 0. The number of nitrogens with zero attached hydrogens (tertiary/aromatic N) is 1. The van der Waals surface area contributed by atoms with Crippen LogP contribution in [0.1, 0.15) is 58.3 Å². The number of rotatable bonds is 5. The quantitative estimate of drug-likeness (QED) is 0.842. The van der Waals surface area contributed by atoms with Crippen molar-refractivity contribution in [3.63, 3.8) is 0 Å². The minimum atomic E-state index is -0.239. The van der Waals surface area contributed by atoms with Crippen molar-refractivity contribution < 1.29 is 9.53 Å². The molecule has 0 aromatic heterocycles. The van der Waals surface area contributed by atoms with Crippen LogP contribution in [0.15, 0.2) is 0 Å². The van der Waals surface area contributed by atoms with Gasteiger partial charge in [0.05, 0.1) is 5.60 Å². The zero-order chi connectivity index (χ0) is 14.4. The van der Waals surface area contributed by atoms with E-state index in [0.29, 0.717) is 6.54 Å². The molecule has 116 valence electrons. The molecule has 1 aliphatic heterocycles. The minimum absolute atomic E-state index is 0.148. The zero-order valence-electron chi connectivity index (χ0n) is 12.9. The molecular weight excluding hydrogens is 252 g/mol. The van der Waals surface area contributed by atoms with E-state index in [9.17, 15) is 4.79 Å². The largest absolute Gasteiger partial charge is 0.364 e. The summed E-state index contributed by atoms with van der Waals surface area (Å²) in [4.78, 5) is 14.1. The molecule has 20 heavy (non-hydrogen) atoms. The Morgan fingerprint density at radius 2 is 1.90 bits per heavy atom. The third-order valence-electron chi connectivity index (χ3n) is 5.18. The Kier molecular flexibility index (Phi) is 5.85. The number of likely N-dealkylation sites (tertiary alicyclic amines) is 1. The summed E-state index contributed by atoms with van der Waals surface area (Å²) < 4.78 is 6.01. The number of piperidine rings is 1. The number of hydrogen-bond donors (Lipinski definition) is 1. The van der Waals surface area contributed by atoms with Crippen LogP contribution in [0.3, 0.4) is 0 Å². The minimum Gasteiger partial charge on any atom is -0.364 e. The molecule has 0 atom stereocenters. The second kappa shape index (κ2) is 7.41. The fourth-order valence-corrected chi connectivity index (χ4v) is 3.47. The molecule has 1 amide bonds. The Labute approximate surface area is 123 Å². The maximum atomic E-state index is 12.2. The van der Waals surface area contributed by atoms with Crippen molar-refractivity contribution in [1.82, 2.24) is 4.90 Å². The van der Waals surface area contributed by atoms with Gasteiger partial charge in [0.1, 0.15) is 6.61 Å². The van der Waals surface area contributed by atoms with Crippen LogP contribution in [0.25, 0.3) is 0 Å². The van der Waals surface area contributed by atoms with Crippen LogP contribution in [0.5, 0.6) is 0 Å². The summed E-state index contributed by atoms with van der Waals surface area (Å²) in [5, 5.41) is 0. The predicted molar refractivity (Wildman–Crippen MR) is 80.4 cm³/mol. The number of amides is 1. The van der Waals surface area contributed by atoms with Crippen LogP contribution in [0.2, 0.25) is 0 Å². The lowest BCUT2D eigenvalue weighted by Gasteiger charge is -2.39. The number of nitrogens with two attached hydrogens (primary N) is 1. The van der Waals surface area contributed by atoms with E-state index in [0.717, 1.165) is 44.7 Å². The highest BCUT2D eigenvalue weighted by atomic mass is 16.5. The molecule has 1 heterocycles. The third-order valence-corrected chi connectivity index (χ3v) is 5.18. The normalized spacial score (nSPS) is 31.3. The van der Waals surface area contributed by atoms with E-state index >= 15 is 0 Å². The number of carbonyl (C=O) groups is 1. The van der Waals surface area contributed by atoms with Gasteiger partial charge in [0.25, 0.3) is 0 Å². The summed E-state index contributed by atoms with van der Waals surface area (Å²) in [6.07, 6.45) is 9.14. The highest BCUT2D eigenvalue weighted by Gasteiger charge is 2.35. The van der Waals surface area contributed by atoms with Crippen LogP contribution in [0, 0.1) is 5.92 Å². The Hall–Kier alpha value is -0.610. The summed E-state index contributed by atoms with van der Waals surface area (Å²) in [5.74, 6) is 0.964. The lowest BCUT2D eigenvalue weighted by atomic mass is 9.77. The fourth-order valence-electron chi connectivity index (χ4n) is 3.47. The van der Waals surface area contributed by atoms with Crippen molar-refractivity contribution >= 4 is 5.91 Å². The van der Waals surface area contributed by atoms with Gasteiger partial charge in [-0.05, 0) is 50.9 Å². The Morgan fingerprint density at radius 3 is 2.45 bits per heavy atom. The fraction of sp³-hybridized carbons (Fsp3) is 0.938. The van der Waals surface area contributed by atoms with Crippen LogP contribution in [-0.4, -0.2) is 42.6 Å². The molecule has 0 bridgehead atoms. The number of carbonyl (C=O) groups excluding carboxylic acids is 1. The van der Waals surface area contributed by atoms with Gasteiger partial charge in [-0.1, -0.05) is 13.3 Å². The summed E-state index contributed by atoms with van der Waals surface area (Å²) in [6.45, 7) is 4.80. The van der Waals surface area contributed by atoms with E-state index in [-0.39, 0.29) is 18.1 Å². The molecule has 0 aromatic rings. The van der Waals surface area contributed by atoms with E-state index in [1.807, 2.05) is 4.90 Å². The van der Waals surface area contributed by atoms with E-state index in [2.05, 4.69) is 6.92 Å². The molecule has 2 N–H and O–H groups in total. The Bertz CT molecular complexity index is 306. The van der Waals surface area contributed by atoms with Crippen LogP contribution in [0.4, 0.5) is 0 Å². The second-order valence-corrected chi connectivity index (χ2v) is 6.47. The molecule has 2 fully saturated rings. The first kappa shape index (κ1) is 15.8. The third kappa shape index (κ3) is 3.95. The van der Waals surface area contributed by atoms with Crippen LogP contribution < -0.4 is 5.73 Å². The van der Waals surface area contributed by atoms with Crippen molar-refractivity contribution in [2.24, 2.45) is 11.7 Å². The van der Waals surface area contributed by atoms with Gasteiger partial charge >= 0.3 is 0 Å². The first-order valence-corrected chi connectivity index (χ1v) is 8.31. The van der Waals surface area contributed by atoms with Crippen LogP contribution >= 0.6 is 0 Å². The molecule has 0 aromatic carbocycles. The zero-order valence-corrected chi connectivity index (χ0v) is 12.9. The molecule has 0 radical (unpaired) electrons. The molecule has 2 rings (SSSR count). The van der Waals surface area contributed by atoms with Gasteiger partial charge < -0.3 is 15.4 Å². The van der Waals surface area contributed by atoms with Gasteiger partial charge in [-0.15, -0.1) is 0 Å². The Balaban J connectivity index is 1.79. The number of ether oxygens (including phenoxy) is 1. The Morgan fingerprint density at radius 1 is 1.25 bits per heavy atom. The number of hydrogen-bond acceptors (Lipinski definition) is 3. The van der Waals surface area contributed by atoms with Crippen molar-refractivity contribution in [2.45, 2.75) is 63.9 Å². The monoisotopic (exact) mass is 282 g/mol. The van der Waals surface area contributed by atoms with Gasteiger partial charge in [0.15, 0.2) is 0 Å².